The van der Waals surface area contributed by atoms with Crippen LogP contribution in [0.2, 0.25) is 0 Å². The maximum atomic E-state index is 13.5. The molecule has 2 amide bonds. The molecule has 10 heteroatoms. The van der Waals surface area contributed by atoms with Gasteiger partial charge in [-0.05, 0) is 74.6 Å². The van der Waals surface area contributed by atoms with Crippen molar-refractivity contribution in [3.8, 4) is 5.75 Å². The highest BCUT2D eigenvalue weighted by atomic mass is 16.6. The van der Waals surface area contributed by atoms with Gasteiger partial charge in [0.25, 0.3) is 5.91 Å². The molecular weight excluding hydrogens is 536 g/mol. The van der Waals surface area contributed by atoms with Gasteiger partial charge in [-0.1, -0.05) is 20.8 Å². The maximum absolute atomic E-state index is 13.5. The first-order valence-corrected chi connectivity index (χ1v) is 14.0. The van der Waals surface area contributed by atoms with Crippen LogP contribution in [0.1, 0.15) is 92.8 Å². The van der Waals surface area contributed by atoms with Crippen LogP contribution in [0.4, 0.5) is 5.69 Å². The van der Waals surface area contributed by atoms with E-state index in [1.807, 2.05) is 27.7 Å². The normalized spacial score (nSPS) is 13.0. The lowest BCUT2D eigenvalue weighted by atomic mass is 9.84. The molecule has 0 fully saturated rings. The van der Waals surface area contributed by atoms with E-state index < -0.39 is 17.0 Å². The molecule has 1 aliphatic rings. The fourth-order valence-corrected chi connectivity index (χ4v) is 4.83. The third-order valence-corrected chi connectivity index (χ3v) is 6.75. The van der Waals surface area contributed by atoms with Gasteiger partial charge in [-0.2, -0.15) is 0 Å². The van der Waals surface area contributed by atoms with Gasteiger partial charge in [0.05, 0.1) is 18.7 Å². The molecule has 2 aromatic carbocycles. The summed E-state index contributed by atoms with van der Waals surface area (Å²) in [5.74, 6) is -0.789. The number of carbonyl (C=O) groups is 4. The number of amidine groups is 1. The number of benzene rings is 2. The second-order valence-electron chi connectivity index (χ2n) is 12.3. The first-order valence-electron chi connectivity index (χ1n) is 14.0. The summed E-state index contributed by atoms with van der Waals surface area (Å²) in [5.41, 5.74) is 2.24. The average Bonchev–Trinajstić information content (AvgIpc) is 3.18. The molecule has 42 heavy (non-hydrogen) atoms. The van der Waals surface area contributed by atoms with E-state index in [-0.39, 0.29) is 36.5 Å². The number of esters is 1. The zero-order valence-electron chi connectivity index (χ0n) is 26.1. The summed E-state index contributed by atoms with van der Waals surface area (Å²) in [7, 11) is 1.53. The molecule has 1 heterocycles. The molecule has 0 radical (unpaired) electrons. The second-order valence-corrected chi connectivity index (χ2v) is 12.3. The highest BCUT2D eigenvalue weighted by Crippen LogP contribution is 2.34. The Bertz CT molecular complexity index is 1420. The van der Waals surface area contributed by atoms with Gasteiger partial charge < -0.3 is 24.6 Å². The summed E-state index contributed by atoms with van der Waals surface area (Å²) in [4.78, 5) is 54.3. The zero-order valence-corrected chi connectivity index (χ0v) is 26.1. The largest absolute Gasteiger partial charge is 0.493 e. The van der Waals surface area contributed by atoms with Gasteiger partial charge >= 0.3 is 5.97 Å². The molecule has 0 aliphatic carbocycles. The number of hydrogen-bond acceptors (Lipinski definition) is 7. The van der Waals surface area contributed by atoms with E-state index in [9.17, 15) is 19.2 Å². The summed E-state index contributed by atoms with van der Waals surface area (Å²) in [6, 6.07) is 8.48. The van der Waals surface area contributed by atoms with Crippen LogP contribution in [-0.2, 0) is 26.3 Å². The predicted molar refractivity (Wildman–Crippen MR) is 162 cm³/mol. The molecule has 0 aromatic heterocycles. The van der Waals surface area contributed by atoms with Crippen LogP contribution in [-0.4, -0.2) is 66.6 Å². The van der Waals surface area contributed by atoms with Crippen LogP contribution in [0.15, 0.2) is 30.3 Å². The summed E-state index contributed by atoms with van der Waals surface area (Å²) in [6.07, 6.45) is 0. The van der Waals surface area contributed by atoms with E-state index in [1.165, 1.54) is 18.9 Å². The predicted octanol–water partition coefficient (Wildman–Crippen LogP) is 4.46. The minimum atomic E-state index is -0.694. The summed E-state index contributed by atoms with van der Waals surface area (Å²) in [6.45, 7) is 14.8. The summed E-state index contributed by atoms with van der Waals surface area (Å²) < 4.78 is 11.1. The number of nitrogens with one attached hydrogen (secondary N) is 2. The molecule has 2 N–H and O–H groups in total. The van der Waals surface area contributed by atoms with Crippen molar-refractivity contribution in [3.63, 3.8) is 0 Å². The molecule has 0 atom stereocenters. The van der Waals surface area contributed by atoms with E-state index in [4.69, 9.17) is 14.9 Å². The molecule has 0 bridgehead atoms. The van der Waals surface area contributed by atoms with Crippen molar-refractivity contribution in [2.75, 3.05) is 31.6 Å². The van der Waals surface area contributed by atoms with Crippen molar-refractivity contribution in [1.82, 2.24) is 10.2 Å². The Morgan fingerprint density at radius 2 is 1.71 bits per heavy atom. The van der Waals surface area contributed by atoms with E-state index >= 15 is 0 Å². The van der Waals surface area contributed by atoms with Crippen LogP contribution in [0.3, 0.4) is 0 Å². The van der Waals surface area contributed by atoms with Crippen molar-refractivity contribution >= 4 is 35.1 Å². The van der Waals surface area contributed by atoms with Crippen molar-refractivity contribution in [2.45, 2.75) is 73.0 Å². The number of rotatable bonds is 9. The molecular formula is C32H42N4O6. The summed E-state index contributed by atoms with van der Waals surface area (Å²) in [5, 5.41) is 11.3. The van der Waals surface area contributed by atoms with Gasteiger partial charge in [0.1, 0.15) is 23.7 Å². The monoisotopic (exact) mass is 578 g/mol. The summed E-state index contributed by atoms with van der Waals surface area (Å²) >= 11 is 0. The standard InChI is InChI=1S/C32H42N4O6/c1-10-41-27-14-21-16-35(29(33)22(21)15-23(27)30(40)34-9)17-26(38)20-11-12-25(24(13-20)31(3,4)5)36(19(2)37)18-28(39)42-32(6,7)8/h11-15,33H,10,16-18H2,1-9H3,(H,34,40). The molecule has 226 valence electrons. The van der Waals surface area contributed by atoms with Gasteiger partial charge in [-0.15, -0.1) is 0 Å². The third kappa shape index (κ3) is 7.35. The molecule has 2 aromatic rings. The highest BCUT2D eigenvalue weighted by molar-refractivity contribution is 6.08. The highest BCUT2D eigenvalue weighted by Gasteiger charge is 2.31. The number of ether oxygens (including phenoxy) is 2. The fourth-order valence-electron chi connectivity index (χ4n) is 4.83. The van der Waals surface area contributed by atoms with Gasteiger partial charge in [0.2, 0.25) is 5.91 Å². The Kier molecular flexibility index (Phi) is 9.49. The van der Waals surface area contributed by atoms with Crippen LogP contribution >= 0.6 is 0 Å². The number of carbonyl (C=O) groups excluding carboxylic acids is 4. The third-order valence-electron chi connectivity index (χ3n) is 6.75. The molecule has 0 saturated carbocycles. The lowest BCUT2D eigenvalue weighted by Crippen LogP contribution is -2.39. The van der Waals surface area contributed by atoms with Gasteiger partial charge in [0.15, 0.2) is 5.78 Å². The van der Waals surface area contributed by atoms with E-state index in [2.05, 4.69) is 5.32 Å². The van der Waals surface area contributed by atoms with Crippen LogP contribution in [0, 0.1) is 5.41 Å². The molecule has 3 rings (SSSR count). The van der Waals surface area contributed by atoms with Crippen molar-refractivity contribution in [2.24, 2.45) is 0 Å². The fraction of sp³-hybridized carbons (Fsp3) is 0.469. The minimum Gasteiger partial charge on any atom is -0.493 e. The zero-order chi connectivity index (χ0) is 31.6. The number of fused-ring (bicyclic) bond motifs is 1. The SMILES string of the molecule is CCOc1cc2c(cc1C(=O)NC)C(=N)N(CC(=O)c1ccc(N(CC(=O)OC(C)(C)C)C(C)=O)c(C(C)(C)C)c1)C2. The number of anilines is 1. The molecule has 1 aliphatic heterocycles. The van der Waals surface area contributed by atoms with Crippen molar-refractivity contribution in [1.29, 1.82) is 5.41 Å². The number of Topliss-reactive ketones (excluding diaryl/α,β-unsaturated/α-hetero) is 1. The van der Waals surface area contributed by atoms with Crippen molar-refractivity contribution in [3.05, 3.63) is 58.1 Å². The molecule has 0 unspecified atom stereocenters. The minimum absolute atomic E-state index is 0.0515. The Labute approximate surface area is 247 Å². The number of ketones is 1. The Morgan fingerprint density at radius 3 is 2.26 bits per heavy atom. The first kappa shape index (κ1) is 32.3. The van der Waals surface area contributed by atoms with Crippen LogP contribution in [0.25, 0.3) is 0 Å². The average molecular weight is 579 g/mol. The Balaban J connectivity index is 1.90. The lowest BCUT2D eigenvalue weighted by Gasteiger charge is -2.30. The van der Waals surface area contributed by atoms with Gasteiger partial charge in [-0.25, -0.2) is 0 Å². The van der Waals surface area contributed by atoms with E-state index in [1.54, 1.807) is 56.0 Å². The van der Waals surface area contributed by atoms with Crippen molar-refractivity contribution < 1.29 is 28.7 Å². The Morgan fingerprint density at radius 1 is 1.05 bits per heavy atom. The van der Waals surface area contributed by atoms with E-state index in [0.29, 0.717) is 41.3 Å². The quantitative estimate of drug-likeness (QED) is 0.332. The molecule has 0 saturated heterocycles. The smallest absolute Gasteiger partial charge is 0.326 e. The van der Waals surface area contributed by atoms with Crippen LogP contribution in [0.5, 0.6) is 5.75 Å². The maximum Gasteiger partial charge on any atom is 0.326 e. The van der Waals surface area contributed by atoms with E-state index in [0.717, 1.165) is 11.1 Å². The number of nitrogens with zero attached hydrogens (tertiary/aromatic N) is 2. The topological polar surface area (TPSA) is 129 Å². The second kappa shape index (κ2) is 12.3. The Hall–Kier alpha value is -4.21. The van der Waals surface area contributed by atoms with Gasteiger partial charge in [0, 0.05) is 37.3 Å². The van der Waals surface area contributed by atoms with Gasteiger partial charge in [-0.3, -0.25) is 24.6 Å². The lowest BCUT2D eigenvalue weighted by molar-refractivity contribution is -0.153. The number of amides is 2. The molecule has 10 nitrogen and oxygen atoms in total. The molecule has 0 spiro atoms. The number of hydrogen-bond donors (Lipinski definition) is 2. The van der Waals surface area contributed by atoms with Crippen LogP contribution < -0.4 is 15.0 Å². The first-order chi connectivity index (χ1) is 19.5.